The Bertz CT molecular complexity index is 395. The van der Waals surface area contributed by atoms with Gasteiger partial charge in [0, 0.05) is 6.54 Å². The molecule has 0 aromatic carbocycles. The fourth-order valence-electron chi connectivity index (χ4n) is 2.80. The molecule has 1 aliphatic carbocycles. The highest BCUT2D eigenvalue weighted by Crippen LogP contribution is 2.30. The van der Waals surface area contributed by atoms with Gasteiger partial charge in [0.2, 0.25) is 0 Å². The third kappa shape index (κ3) is 3.87. The molecule has 18 heavy (non-hydrogen) atoms. The van der Waals surface area contributed by atoms with Gasteiger partial charge in [0.15, 0.2) is 0 Å². The molecule has 0 radical (unpaired) electrons. The van der Waals surface area contributed by atoms with E-state index in [-0.39, 0.29) is 0 Å². The predicted octanol–water partition coefficient (Wildman–Crippen LogP) is 4.05. The number of nitrogens with one attached hydrogen (secondary N) is 1. The highest BCUT2D eigenvalue weighted by atomic mass is 79.9. The zero-order valence-corrected chi connectivity index (χ0v) is 12.5. The molecule has 0 spiro atoms. The number of rotatable bonds is 4. The third-order valence-electron chi connectivity index (χ3n) is 3.75. The Morgan fingerprint density at radius 1 is 1.50 bits per heavy atom. The highest BCUT2D eigenvalue weighted by Gasteiger charge is 2.18. The number of nitrogens with zero attached hydrogens (tertiary/aromatic N) is 1. The second kappa shape index (κ2) is 6.41. The normalized spacial score (nSPS) is 23.9. The molecule has 100 valence electrons. The lowest BCUT2D eigenvalue weighted by Gasteiger charge is -2.26. The van der Waals surface area contributed by atoms with E-state index in [0.717, 1.165) is 28.7 Å². The van der Waals surface area contributed by atoms with Crippen LogP contribution in [0, 0.1) is 11.8 Å². The van der Waals surface area contributed by atoms with E-state index in [1.165, 1.54) is 32.1 Å². The van der Waals surface area contributed by atoms with Crippen molar-refractivity contribution in [1.82, 2.24) is 4.98 Å². The summed E-state index contributed by atoms with van der Waals surface area (Å²) in [6.45, 7) is 3.37. The number of hydrogen-bond donors (Lipinski definition) is 2. The van der Waals surface area contributed by atoms with Crippen LogP contribution in [0.3, 0.4) is 0 Å². The SMILES string of the molecule is CC1CCCC(CCNc2ncc(N)cc2Br)C1. The van der Waals surface area contributed by atoms with Crippen molar-refractivity contribution in [3.8, 4) is 0 Å². The van der Waals surface area contributed by atoms with E-state index in [4.69, 9.17) is 5.73 Å². The van der Waals surface area contributed by atoms with Crippen molar-refractivity contribution in [3.05, 3.63) is 16.7 Å². The summed E-state index contributed by atoms with van der Waals surface area (Å²) in [6.07, 6.45) is 8.52. The van der Waals surface area contributed by atoms with Crippen LogP contribution in [0.4, 0.5) is 11.5 Å². The molecule has 1 fully saturated rings. The Kier molecular flexibility index (Phi) is 4.87. The molecule has 0 bridgehead atoms. The number of halogens is 1. The molecule has 0 saturated heterocycles. The van der Waals surface area contributed by atoms with E-state index in [2.05, 4.69) is 33.2 Å². The summed E-state index contributed by atoms with van der Waals surface area (Å²) in [7, 11) is 0. The lowest BCUT2D eigenvalue weighted by atomic mass is 9.81. The van der Waals surface area contributed by atoms with Gasteiger partial charge in [0.25, 0.3) is 0 Å². The maximum absolute atomic E-state index is 5.67. The summed E-state index contributed by atoms with van der Waals surface area (Å²) in [5, 5.41) is 3.39. The Morgan fingerprint density at radius 3 is 3.06 bits per heavy atom. The van der Waals surface area contributed by atoms with E-state index in [1.807, 2.05) is 6.07 Å². The summed E-state index contributed by atoms with van der Waals surface area (Å²) >= 11 is 3.48. The molecule has 0 amide bonds. The average Bonchev–Trinajstić information content (AvgIpc) is 2.32. The quantitative estimate of drug-likeness (QED) is 0.881. The smallest absolute Gasteiger partial charge is 0.140 e. The summed E-state index contributed by atoms with van der Waals surface area (Å²) in [6, 6.07) is 1.89. The molecule has 1 saturated carbocycles. The Morgan fingerprint density at radius 2 is 2.33 bits per heavy atom. The van der Waals surface area contributed by atoms with E-state index in [9.17, 15) is 0 Å². The van der Waals surface area contributed by atoms with Crippen molar-refractivity contribution in [1.29, 1.82) is 0 Å². The third-order valence-corrected chi connectivity index (χ3v) is 4.36. The van der Waals surface area contributed by atoms with Gasteiger partial charge in [-0.25, -0.2) is 4.98 Å². The van der Waals surface area contributed by atoms with Gasteiger partial charge < -0.3 is 11.1 Å². The molecule has 2 rings (SSSR count). The minimum Gasteiger partial charge on any atom is -0.397 e. The van der Waals surface area contributed by atoms with E-state index in [0.29, 0.717) is 5.69 Å². The molecule has 3 nitrogen and oxygen atoms in total. The zero-order valence-electron chi connectivity index (χ0n) is 11.0. The van der Waals surface area contributed by atoms with E-state index < -0.39 is 0 Å². The fraction of sp³-hybridized carbons (Fsp3) is 0.643. The molecule has 1 heterocycles. The lowest BCUT2D eigenvalue weighted by Crippen LogP contribution is -2.17. The van der Waals surface area contributed by atoms with Gasteiger partial charge in [-0.1, -0.05) is 26.2 Å². The molecule has 1 aliphatic rings. The van der Waals surface area contributed by atoms with Crippen molar-refractivity contribution in [2.24, 2.45) is 11.8 Å². The number of nitrogen functional groups attached to an aromatic ring is 1. The maximum atomic E-state index is 5.67. The van der Waals surface area contributed by atoms with Crippen LogP contribution < -0.4 is 11.1 Å². The van der Waals surface area contributed by atoms with Gasteiger partial charge in [-0.3, -0.25) is 0 Å². The predicted molar refractivity (Wildman–Crippen MR) is 80.6 cm³/mol. The summed E-state index contributed by atoms with van der Waals surface area (Å²) in [4.78, 5) is 4.29. The van der Waals surface area contributed by atoms with Crippen molar-refractivity contribution in [3.63, 3.8) is 0 Å². The van der Waals surface area contributed by atoms with Crippen molar-refractivity contribution in [2.45, 2.75) is 39.0 Å². The maximum Gasteiger partial charge on any atom is 0.140 e. The molecule has 0 aliphatic heterocycles. The van der Waals surface area contributed by atoms with E-state index in [1.54, 1.807) is 6.20 Å². The fourth-order valence-corrected chi connectivity index (χ4v) is 3.31. The minimum absolute atomic E-state index is 0.688. The largest absolute Gasteiger partial charge is 0.397 e. The van der Waals surface area contributed by atoms with Crippen LogP contribution in [-0.2, 0) is 0 Å². The summed E-state index contributed by atoms with van der Waals surface area (Å²) < 4.78 is 0.944. The monoisotopic (exact) mass is 311 g/mol. The number of nitrogens with two attached hydrogens (primary N) is 1. The second-order valence-electron chi connectivity index (χ2n) is 5.45. The van der Waals surface area contributed by atoms with Crippen molar-refractivity contribution < 1.29 is 0 Å². The standard InChI is InChI=1S/C14H22BrN3/c1-10-3-2-4-11(7-10)5-6-17-14-13(15)8-12(16)9-18-14/h8-11H,2-7,16H2,1H3,(H,17,18). The zero-order chi connectivity index (χ0) is 13.0. The second-order valence-corrected chi connectivity index (χ2v) is 6.31. The summed E-state index contributed by atoms with van der Waals surface area (Å²) in [5.41, 5.74) is 6.36. The van der Waals surface area contributed by atoms with Crippen LogP contribution in [0.25, 0.3) is 0 Å². The molecule has 2 unspecified atom stereocenters. The van der Waals surface area contributed by atoms with Crippen LogP contribution in [0.1, 0.15) is 39.0 Å². The van der Waals surface area contributed by atoms with Gasteiger partial charge in [0.1, 0.15) is 5.82 Å². The van der Waals surface area contributed by atoms with Crippen LogP contribution in [0.2, 0.25) is 0 Å². The molecular formula is C14H22BrN3. The Hall–Kier alpha value is -0.770. The topological polar surface area (TPSA) is 50.9 Å². The van der Waals surface area contributed by atoms with Crippen LogP contribution in [0.5, 0.6) is 0 Å². The van der Waals surface area contributed by atoms with Crippen molar-refractivity contribution in [2.75, 3.05) is 17.6 Å². The van der Waals surface area contributed by atoms with E-state index >= 15 is 0 Å². The number of aromatic nitrogens is 1. The van der Waals surface area contributed by atoms with Gasteiger partial charge >= 0.3 is 0 Å². The number of pyridine rings is 1. The van der Waals surface area contributed by atoms with Gasteiger partial charge in [-0.15, -0.1) is 0 Å². The van der Waals surface area contributed by atoms with Crippen LogP contribution in [0.15, 0.2) is 16.7 Å². The van der Waals surface area contributed by atoms with Gasteiger partial charge in [0.05, 0.1) is 16.4 Å². The molecule has 4 heteroatoms. The number of anilines is 2. The number of hydrogen-bond acceptors (Lipinski definition) is 3. The Labute approximate surface area is 118 Å². The summed E-state index contributed by atoms with van der Waals surface area (Å²) in [5.74, 6) is 2.69. The first kappa shape index (κ1) is 13.7. The average molecular weight is 312 g/mol. The van der Waals surface area contributed by atoms with Crippen LogP contribution >= 0.6 is 15.9 Å². The molecule has 3 N–H and O–H groups in total. The molecule has 1 aromatic heterocycles. The first-order chi connectivity index (χ1) is 8.65. The first-order valence-corrected chi connectivity index (χ1v) is 7.59. The molecule has 1 aromatic rings. The minimum atomic E-state index is 0.688. The highest BCUT2D eigenvalue weighted by molar-refractivity contribution is 9.10. The van der Waals surface area contributed by atoms with Gasteiger partial charge in [-0.2, -0.15) is 0 Å². The van der Waals surface area contributed by atoms with Crippen LogP contribution in [-0.4, -0.2) is 11.5 Å². The molecule has 2 atom stereocenters. The molecular weight excluding hydrogens is 290 g/mol. The van der Waals surface area contributed by atoms with Gasteiger partial charge in [-0.05, 0) is 46.7 Å². The Balaban J connectivity index is 1.77. The van der Waals surface area contributed by atoms with Crippen molar-refractivity contribution >= 4 is 27.4 Å². The lowest BCUT2D eigenvalue weighted by molar-refractivity contribution is 0.274. The first-order valence-electron chi connectivity index (χ1n) is 6.80.